The molecule has 0 aliphatic heterocycles. The van der Waals surface area contributed by atoms with E-state index in [1.54, 1.807) is 45.0 Å². The summed E-state index contributed by atoms with van der Waals surface area (Å²) >= 11 is 0. The number of benzene rings is 1. The summed E-state index contributed by atoms with van der Waals surface area (Å²) in [6.45, 7) is 5.31. The molecule has 3 rings (SSSR count). The summed E-state index contributed by atoms with van der Waals surface area (Å²) in [5.41, 5.74) is -1.62. The highest BCUT2D eigenvalue weighted by molar-refractivity contribution is 5.92. The van der Waals surface area contributed by atoms with Crippen molar-refractivity contribution in [1.29, 1.82) is 0 Å². The molecule has 0 amide bonds. The molecule has 4 nitrogen and oxygen atoms in total. The second-order valence-corrected chi connectivity index (χ2v) is 8.98. The van der Waals surface area contributed by atoms with E-state index in [9.17, 15) is 9.59 Å². The van der Waals surface area contributed by atoms with Gasteiger partial charge in [0.25, 0.3) is 6.36 Å². The van der Waals surface area contributed by atoms with Gasteiger partial charge >= 0.3 is 5.97 Å². The van der Waals surface area contributed by atoms with Gasteiger partial charge in [-0.15, -0.1) is 0 Å². The summed E-state index contributed by atoms with van der Waals surface area (Å²) < 4.78 is 26.2. The summed E-state index contributed by atoms with van der Waals surface area (Å²) in [5, 5.41) is 0. The Balaban J connectivity index is 1.77. The van der Waals surface area contributed by atoms with Gasteiger partial charge in [-0.05, 0) is 70.4 Å². The maximum absolute atomic E-state index is 15.3. The van der Waals surface area contributed by atoms with Crippen LogP contribution in [0.4, 0.5) is 4.39 Å². The van der Waals surface area contributed by atoms with Gasteiger partial charge in [-0.2, -0.15) is 0 Å². The zero-order chi connectivity index (χ0) is 19.7. The fourth-order valence-electron chi connectivity index (χ4n) is 4.02. The Morgan fingerprint density at radius 3 is 2.56 bits per heavy atom. The number of alkyl halides is 1. The lowest BCUT2D eigenvalue weighted by atomic mass is 9.69. The van der Waals surface area contributed by atoms with Gasteiger partial charge in [-0.3, -0.25) is 0 Å². The van der Waals surface area contributed by atoms with Crippen LogP contribution in [0.5, 0.6) is 5.75 Å². The zero-order valence-electron chi connectivity index (χ0n) is 16.4. The van der Waals surface area contributed by atoms with Crippen LogP contribution < -0.4 is 4.74 Å². The lowest BCUT2D eigenvalue weighted by Crippen LogP contribution is -2.42. The van der Waals surface area contributed by atoms with Crippen molar-refractivity contribution in [2.75, 3.05) is 0 Å². The number of halogens is 1. The van der Waals surface area contributed by atoms with Crippen molar-refractivity contribution in [3.05, 3.63) is 29.8 Å². The van der Waals surface area contributed by atoms with Crippen molar-refractivity contribution in [2.24, 2.45) is 17.3 Å². The summed E-state index contributed by atoms with van der Waals surface area (Å²) in [4.78, 5) is 24.3. The van der Waals surface area contributed by atoms with E-state index in [1.807, 2.05) is 0 Å². The molecule has 148 valence electrons. The molecule has 3 unspecified atom stereocenters. The molecule has 2 aliphatic rings. The minimum atomic E-state index is -1.78. The highest BCUT2D eigenvalue weighted by Crippen LogP contribution is 2.50. The van der Waals surface area contributed by atoms with Gasteiger partial charge in [0.15, 0.2) is 0 Å². The van der Waals surface area contributed by atoms with Crippen LogP contribution in [0, 0.1) is 17.3 Å². The average molecular weight is 376 g/mol. The first-order valence-corrected chi connectivity index (χ1v) is 9.83. The molecule has 3 atom stereocenters. The molecule has 2 fully saturated rings. The molecule has 0 saturated heterocycles. The van der Waals surface area contributed by atoms with Crippen LogP contribution in [0.25, 0.3) is 0 Å². The van der Waals surface area contributed by atoms with Gasteiger partial charge in [0.2, 0.25) is 0 Å². The third-order valence-corrected chi connectivity index (χ3v) is 5.57. The van der Waals surface area contributed by atoms with Crippen LogP contribution in [0.3, 0.4) is 0 Å². The summed E-state index contributed by atoms with van der Waals surface area (Å²) in [7, 11) is 0. The minimum Gasteiger partial charge on any atom is -0.458 e. The first kappa shape index (κ1) is 19.8. The van der Waals surface area contributed by atoms with Gasteiger partial charge in [0.1, 0.15) is 23.2 Å². The predicted molar refractivity (Wildman–Crippen MR) is 100 cm³/mol. The number of hydrogen-bond donors (Lipinski definition) is 0. The van der Waals surface area contributed by atoms with Gasteiger partial charge in [0.05, 0.1) is 5.41 Å². The van der Waals surface area contributed by atoms with Crippen molar-refractivity contribution in [2.45, 2.75) is 71.3 Å². The second kappa shape index (κ2) is 7.61. The number of aldehydes is 1. The lowest BCUT2D eigenvalue weighted by Gasteiger charge is -2.38. The van der Waals surface area contributed by atoms with Crippen molar-refractivity contribution >= 4 is 12.3 Å². The number of carbonyl (C=O) groups excluding carboxylic acids is 2. The van der Waals surface area contributed by atoms with E-state index in [0.29, 0.717) is 24.7 Å². The van der Waals surface area contributed by atoms with Crippen molar-refractivity contribution < 1.29 is 23.5 Å². The van der Waals surface area contributed by atoms with Crippen molar-refractivity contribution in [3.63, 3.8) is 0 Å². The van der Waals surface area contributed by atoms with E-state index in [-0.39, 0.29) is 11.3 Å². The molecule has 0 N–H and O–H groups in total. The summed E-state index contributed by atoms with van der Waals surface area (Å²) in [5.74, 6) is 0.580. The molecule has 27 heavy (non-hydrogen) atoms. The first-order valence-electron chi connectivity index (χ1n) is 9.83. The lowest BCUT2D eigenvalue weighted by molar-refractivity contribution is -0.137. The fraction of sp³-hybridized carbons (Fsp3) is 0.636. The minimum absolute atomic E-state index is 0.119. The van der Waals surface area contributed by atoms with Crippen LogP contribution in [0.1, 0.15) is 69.7 Å². The summed E-state index contributed by atoms with van der Waals surface area (Å²) in [6, 6.07) is 6.46. The Kier molecular flexibility index (Phi) is 5.59. The van der Waals surface area contributed by atoms with Crippen LogP contribution in [0.15, 0.2) is 24.3 Å². The number of rotatable bonds is 6. The Morgan fingerprint density at radius 1 is 1.22 bits per heavy atom. The Bertz CT molecular complexity index is 692. The molecular formula is C22H29FO4. The van der Waals surface area contributed by atoms with E-state index >= 15 is 4.39 Å². The van der Waals surface area contributed by atoms with Crippen LogP contribution >= 0.6 is 0 Å². The molecule has 0 spiro atoms. The van der Waals surface area contributed by atoms with E-state index in [0.717, 1.165) is 19.1 Å². The monoisotopic (exact) mass is 376 g/mol. The van der Waals surface area contributed by atoms with Crippen LogP contribution in [-0.2, 0) is 9.53 Å². The van der Waals surface area contributed by atoms with Gasteiger partial charge in [0, 0.05) is 0 Å². The SMILES string of the molecule is CC(C)(C)OC(=O)c1ccccc1OC(F)C1(C=O)CCCC(C2CC2)C1. The largest absolute Gasteiger partial charge is 0.458 e. The second-order valence-electron chi connectivity index (χ2n) is 8.98. The average Bonchev–Trinajstić information content (AvgIpc) is 3.45. The number of ether oxygens (including phenoxy) is 2. The molecule has 2 aliphatic carbocycles. The Hall–Kier alpha value is -1.91. The Labute approximate surface area is 160 Å². The molecule has 0 bridgehead atoms. The number of hydrogen-bond acceptors (Lipinski definition) is 4. The van der Waals surface area contributed by atoms with Gasteiger partial charge < -0.3 is 14.3 Å². The predicted octanol–water partition coefficient (Wildman–Crippen LogP) is 5.10. The molecule has 1 aromatic carbocycles. The molecule has 0 aromatic heterocycles. The van der Waals surface area contributed by atoms with Crippen LogP contribution in [-0.4, -0.2) is 24.2 Å². The smallest absolute Gasteiger partial charge is 0.342 e. The van der Waals surface area contributed by atoms with Crippen molar-refractivity contribution in [3.8, 4) is 5.75 Å². The van der Waals surface area contributed by atoms with E-state index in [1.165, 1.54) is 12.8 Å². The molecule has 1 aromatic rings. The first-order chi connectivity index (χ1) is 12.7. The molecule has 2 saturated carbocycles. The standard InChI is InChI=1S/C22H29FO4/c1-21(2,3)27-19(25)17-8-4-5-9-18(17)26-20(23)22(14-24)12-6-7-16(13-22)15-10-11-15/h4-5,8-9,14-16,20H,6-7,10-13H2,1-3H3. The highest BCUT2D eigenvalue weighted by atomic mass is 19.1. The fourth-order valence-corrected chi connectivity index (χ4v) is 4.02. The third-order valence-electron chi connectivity index (χ3n) is 5.57. The highest BCUT2D eigenvalue weighted by Gasteiger charge is 2.48. The number of para-hydroxylation sites is 1. The molecule has 0 radical (unpaired) electrons. The van der Waals surface area contributed by atoms with E-state index in [2.05, 4.69) is 0 Å². The molecule has 0 heterocycles. The molecular weight excluding hydrogens is 347 g/mol. The zero-order valence-corrected chi connectivity index (χ0v) is 16.4. The summed E-state index contributed by atoms with van der Waals surface area (Å²) in [6.07, 6.45) is 4.21. The topological polar surface area (TPSA) is 52.6 Å². The van der Waals surface area contributed by atoms with Gasteiger partial charge in [-0.1, -0.05) is 25.0 Å². The quantitative estimate of drug-likeness (QED) is 0.512. The van der Waals surface area contributed by atoms with Gasteiger partial charge in [-0.25, -0.2) is 9.18 Å². The van der Waals surface area contributed by atoms with Crippen LogP contribution in [0.2, 0.25) is 0 Å². The van der Waals surface area contributed by atoms with Crippen molar-refractivity contribution in [1.82, 2.24) is 0 Å². The number of esters is 1. The third kappa shape index (κ3) is 4.69. The Morgan fingerprint density at radius 2 is 1.93 bits per heavy atom. The number of carbonyl (C=O) groups is 2. The maximum Gasteiger partial charge on any atom is 0.342 e. The maximum atomic E-state index is 15.3. The van der Waals surface area contributed by atoms with E-state index < -0.39 is 23.3 Å². The normalized spacial score (nSPS) is 26.9. The van der Waals surface area contributed by atoms with E-state index in [4.69, 9.17) is 9.47 Å². The molecule has 5 heteroatoms.